The van der Waals surface area contributed by atoms with Gasteiger partial charge in [-0.2, -0.15) is 5.26 Å². The summed E-state index contributed by atoms with van der Waals surface area (Å²) in [5, 5.41) is 19.5. The average Bonchev–Trinajstić information content (AvgIpc) is 2.02. The van der Waals surface area contributed by atoms with Gasteiger partial charge in [-0.3, -0.25) is 4.79 Å². The molecule has 0 unspecified atom stereocenters. The summed E-state index contributed by atoms with van der Waals surface area (Å²) in [6, 6.07) is 2.05. The highest BCUT2D eigenvalue weighted by atomic mass is 16.4. The van der Waals surface area contributed by atoms with E-state index in [4.69, 9.17) is 10.4 Å². The summed E-state index contributed by atoms with van der Waals surface area (Å²) in [6.07, 6.45) is 2.57. The van der Waals surface area contributed by atoms with Gasteiger partial charge in [0.2, 0.25) is 0 Å². The van der Waals surface area contributed by atoms with Crippen molar-refractivity contribution in [3.05, 3.63) is 0 Å². The summed E-state index contributed by atoms with van der Waals surface area (Å²) in [5.74, 6) is -0.778. The predicted octanol–water partition coefficient (Wildman–Crippen LogP) is 0.745. The molecule has 68 valence electrons. The van der Waals surface area contributed by atoms with Crippen molar-refractivity contribution in [2.45, 2.75) is 25.7 Å². The van der Waals surface area contributed by atoms with Crippen LogP contribution in [0.1, 0.15) is 25.7 Å². The van der Waals surface area contributed by atoms with E-state index in [1.165, 1.54) is 0 Å². The Morgan fingerprint density at radius 2 is 2.17 bits per heavy atom. The van der Waals surface area contributed by atoms with Crippen LogP contribution in [-0.2, 0) is 4.79 Å². The molecule has 0 atom stereocenters. The molecule has 0 radical (unpaired) electrons. The van der Waals surface area contributed by atoms with Gasteiger partial charge in [-0.15, -0.1) is 0 Å². The molecular formula is C8H14N2O2. The van der Waals surface area contributed by atoms with Crippen LogP contribution in [0.15, 0.2) is 0 Å². The topological polar surface area (TPSA) is 73.1 Å². The van der Waals surface area contributed by atoms with Gasteiger partial charge in [0.25, 0.3) is 0 Å². The third kappa shape index (κ3) is 8.92. The Kier molecular flexibility index (Phi) is 7.30. The molecule has 0 aliphatic rings. The molecule has 0 aromatic rings. The van der Waals surface area contributed by atoms with E-state index in [2.05, 4.69) is 11.4 Å². The number of rotatable bonds is 7. The predicted molar refractivity (Wildman–Crippen MR) is 44.6 cm³/mol. The van der Waals surface area contributed by atoms with Crippen molar-refractivity contribution in [2.24, 2.45) is 0 Å². The number of carbonyl (C=O) groups is 1. The van der Waals surface area contributed by atoms with Crippen molar-refractivity contribution in [1.29, 1.82) is 5.26 Å². The first-order valence-corrected chi connectivity index (χ1v) is 4.07. The molecule has 0 amide bonds. The number of hydrogen-bond donors (Lipinski definition) is 2. The molecule has 0 spiro atoms. The van der Waals surface area contributed by atoms with E-state index in [1.54, 1.807) is 0 Å². The zero-order valence-corrected chi connectivity index (χ0v) is 7.05. The standard InChI is InChI=1S/C8H14N2O2/c9-5-2-1-3-6-10-7-4-8(11)12/h10H,1-4,6-7H2,(H,11,12). The first-order valence-electron chi connectivity index (χ1n) is 4.07. The number of aliphatic carboxylic acids is 1. The SMILES string of the molecule is N#CCCCCNCCC(=O)O. The summed E-state index contributed by atoms with van der Waals surface area (Å²) < 4.78 is 0. The van der Waals surface area contributed by atoms with Crippen molar-refractivity contribution < 1.29 is 9.90 Å². The molecule has 12 heavy (non-hydrogen) atoms. The zero-order valence-electron chi connectivity index (χ0n) is 7.05. The van der Waals surface area contributed by atoms with Gasteiger partial charge >= 0.3 is 5.97 Å². The first-order chi connectivity index (χ1) is 5.77. The fourth-order valence-electron chi connectivity index (χ4n) is 0.774. The Labute approximate surface area is 72.2 Å². The summed E-state index contributed by atoms with van der Waals surface area (Å²) in [4.78, 5) is 10.1. The third-order valence-corrected chi connectivity index (χ3v) is 1.41. The van der Waals surface area contributed by atoms with E-state index in [1.807, 2.05) is 0 Å². The van der Waals surface area contributed by atoms with Crippen LogP contribution < -0.4 is 5.32 Å². The molecule has 0 saturated carbocycles. The number of unbranched alkanes of at least 4 members (excludes halogenated alkanes) is 2. The van der Waals surface area contributed by atoms with Gasteiger partial charge in [-0.05, 0) is 19.4 Å². The molecule has 4 heteroatoms. The summed E-state index contributed by atoms with van der Waals surface area (Å²) in [7, 11) is 0. The highest BCUT2D eigenvalue weighted by molar-refractivity contribution is 5.66. The highest BCUT2D eigenvalue weighted by Crippen LogP contribution is 1.91. The van der Waals surface area contributed by atoms with Crippen molar-refractivity contribution in [3.63, 3.8) is 0 Å². The van der Waals surface area contributed by atoms with E-state index >= 15 is 0 Å². The molecule has 0 rings (SSSR count). The van der Waals surface area contributed by atoms with Crippen molar-refractivity contribution in [1.82, 2.24) is 5.32 Å². The molecule has 0 saturated heterocycles. The first kappa shape index (κ1) is 10.9. The molecule has 0 aromatic carbocycles. The van der Waals surface area contributed by atoms with E-state index in [0.29, 0.717) is 13.0 Å². The lowest BCUT2D eigenvalue weighted by Gasteiger charge is -2.00. The van der Waals surface area contributed by atoms with Crippen molar-refractivity contribution >= 4 is 5.97 Å². The second-order valence-corrected chi connectivity index (χ2v) is 2.51. The van der Waals surface area contributed by atoms with Crippen LogP contribution in [0.2, 0.25) is 0 Å². The van der Waals surface area contributed by atoms with Crippen LogP contribution in [0, 0.1) is 11.3 Å². The van der Waals surface area contributed by atoms with Gasteiger partial charge in [0.05, 0.1) is 12.5 Å². The minimum Gasteiger partial charge on any atom is -0.481 e. The maximum absolute atomic E-state index is 10.1. The van der Waals surface area contributed by atoms with Gasteiger partial charge in [-0.25, -0.2) is 0 Å². The Balaban J connectivity index is 2.92. The van der Waals surface area contributed by atoms with E-state index in [0.717, 1.165) is 19.4 Å². The van der Waals surface area contributed by atoms with Gasteiger partial charge in [0.1, 0.15) is 0 Å². The molecule has 0 aliphatic carbocycles. The van der Waals surface area contributed by atoms with Crippen LogP contribution in [0.5, 0.6) is 0 Å². The maximum Gasteiger partial charge on any atom is 0.304 e. The minimum atomic E-state index is -0.778. The quantitative estimate of drug-likeness (QED) is 0.553. The summed E-state index contributed by atoms with van der Waals surface area (Å²) in [6.45, 7) is 1.32. The third-order valence-electron chi connectivity index (χ3n) is 1.41. The smallest absolute Gasteiger partial charge is 0.304 e. The fraction of sp³-hybridized carbons (Fsp3) is 0.750. The van der Waals surface area contributed by atoms with E-state index in [9.17, 15) is 4.79 Å². The Morgan fingerprint density at radius 3 is 2.75 bits per heavy atom. The van der Waals surface area contributed by atoms with E-state index < -0.39 is 5.97 Å². The second-order valence-electron chi connectivity index (χ2n) is 2.51. The normalized spacial score (nSPS) is 9.25. The minimum absolute atomic E-state index is 0.165. The van der Waals surface area contributed by atoms with Crippen molar-refractivity contribution in [3.8, 4) is 6.07 Å². The second kappa shape index (κ2) is 8.02. The number of nitrogens with one attached hydrogen (secondary N) is 1. The van der Waals surface area contributed by atoms with Gasteiger partial charge in [-0.1, -0.05) is 0 Å². The zero-order chi connectivity index (χ0) is 9.23. The largest absolute Gasteiger partial charge is 0.481 e. The fourth-order valence-corrected chi connectivity index (χ4v) is 0.774. The lowest BCUT2D eigenvalue weighted by atomic mass is 10.2. The van der Waals surface area contributed by atoms with E-state index in [-0.39, 0.29) is 6.42 Å². The van der Waals surface area contributed by atoms with Crippen LogP contribution in [0.3, 0.4) is 0 Å². The highest BCUT2D eigenvalue weighted by Gasteiger charge is 1.94. The lowest BCUT2D eigenvalue weighted by Crippen LogP contribution is -2.19. The van der Waals surface area contributed by atoms with Gasteiger partial charge in [0.15, 0.2) is 0 Å². The Hall–Kier alpha value is -1.08. The molecule has 2 N–H and O–H groups in total. The van der Waals surface area contributed by atoms with Crippen LogP contribution in [-0.4, -0.2) is 24.2 Å². The van der Waals surface area contributed by atoms with Crippen LogP contribution in [0.4, 0.5) is 0 Å². The number of carboxylic acids is 1. The molecule has 0 bridgehead atoms. The molecule has 0 heterocycles. The van der Waals surface area contributed by atoms with Gasteiger partial charge in [0, 0.05) is 13.0 Å². The monoisotopic (exact) mass is 170 g/mol. The lowest BCUT2D eigenvalue weighted by molar-refractivity contribution is -0.136. The summed E-state index contributed by atoms with van der Waals surface area (Å²) in [5.41, 5.74) is 0. The number of hydrogen-bond acceptors (Lipinski definition) is 3. The number of nitrogens with zero attached hydrogens (tertiary/aromatic N) is 1. The van der Waals surface area contributed by atoms with Crippen LogP contribution in [0.25, 0.3) is 0 Å². The average molecular weight is 170 g/mol. The number of nitriles is 1. The van der Waals surface area contributed by atoms with Crippen LogP contribution >= 0.6 is 0 Å². The number of carboxylic acid groups (broad SMARTS) is 1. The molecule has 0 aromatic heterocycles. The Bertz CT molecular complexity index is 163. The Morgan fingerprint density at radius 1 is 1.42 bits per heavy atom. The maximum atomic E-state index is 10.1. The molecule has 0 fully saturated rings. The molecule has 0 aliphatic heterocycles. The molecule has 4 nitrogen and oxygen atoms in total. The molecular weight excluding hydrogens is 156 g/mol. The van der Waals surface area contributed by atoms with Gasteiger partial charge < -0.3 is 10.4 Å². The summed E-state index contributed by atoms with van der Waals surface area (Å²) >= 11 is 0. The van der Waals surface area contributed by atoms with Crippen molar-refractivity contribution in [2.75, 3.05) is 13.1 Å².